The molecule has 0 aliphatic rings. The highest BCUT2D eigenvalue weighted by molar-refractivity contribution is 5.87. The molecule has 2 rings (SSSR count). The number of ether oxygens (including phenoxy) is 1. The lowest BCUT2D eigenvalue weighted by Crippen LogP contribution is -2.24. The highest BCUT2D eigenvalue weighted by Crippen LogP contribution is 2.09. The van der Waals surface area contributed by atoms with Crippen molar-refractivity contribution in [1.29, 1.82) is 0 Å². The highest BCUT2D eigenvalue weighted by atomic mass is 16.5. The zero-order valence-corrected chi connectivity index (χ0v) is 14.2. The smallest absolute Gasteiger partial charge is 0.244 e. The van der Waals surface area contributed by atoms with E-state index in [1.165, 1.54) is 12.1 Å². The number of allylic oxidation sites excluding steroid dienone is 1. The van der Waals surface area contributed by atoms with Gasteiger partial charge in [-0.2, -0.15) is 0 Å². The van der Waals surface area contributed by atoms with E-state index in [0.717, 1.165) is 11.1 Å². The number of nitrogens with one attached hydrogen (secondary N) is 1. The second-order valence-corrected chi connectivity index (χ2v) is 5.82. The summed E-state index contributed by atoms with van der Waals surface area (Å²) in [5.41, 5.74) is 2.43. The summed E-state index contributed by atoms with van der Waals surface area (Å²) in [5.74, 6) is 0.118. The molecule has 0 bridgehead atoms. The number of rotatable bonds is 6. The average Bonchev–Trinajstić information content (AvgIpc) is 2.54. The minimum absolute atomic E-state index is 0.174. The number of hydrogen-bond acceptors (Lipinski definition) is 3. The van der Waals surface area contributed by atoms with E-state index in [-0.39, 0.29) is 17.9 Å². The predicted molar refractivity (Wildman–Crippen MR) is 93.7 cm³/mol. The minimum atomic E-state index is -0.199. The maximum absolute atomic E-state index is 12.2. The quantitative estimate of drug-likeness (QED) is 0.830. The van der Waals surface area contributed by atoms with Gasteiger partial charge in [0.2, 0.25) is 11.3 Å². The Morgan fingerprint density at radius 3 is 2.62 bits per heavy atom. The number of pyridine rings is 1. The first kappa shape index (κ1) is 17.5. The van der Waals surface area contributed by atoms with Gasteiger partial charge in [0, 0.05) is 24.9 Å². The summed E-state index contributed by atoms with van der Waals surface area (Å²) in [6.07, 6.45) is 3.17. The third-order valence-corrected chi connectivity index (χ3v) is 3.41. The molecule has 126 valence electrons. The molecular weight excluding hydrogens is 304 g/mol. The van der Waals surface area contributed by atoms with E-state index in [2.05, 4.69) is 5.32 Å². The third kappa shape index (κ3) is 5.12. The first-order valence-electron chi connectivity index (χ1n) is 7.74. The molecule has 0 aliphatic heterocycles. The molecule has 0 fully saturated rings. The van der Waals surface area contributed by atoms with Crippen molar-refractivity contribution in [2.24, 2.45) is 7.05 Å². The van der Waals surface area contributed by atoms with E-state index >= 15 is 0 Å². The second-order valence-electron chi connectivity index (χ2n) is 5.82. The Morgan fingerprint density at radius 1 is 1.25 bits per heavy atom. The van der Waals surface area contributed by atoms with E-state index in [9.17, 15) is 9.59 Å². The number of nitrogens with zero attached hydrogens (tertiary/aromatic N) is 1. The lowest BCUT2D eigenvalue weighted by atomic mass is 10.2. The molecule has 1 heterocycles. The van der Waals surface area contributed by atoms with Crippen molar-refractivity contribution in [2.75, 3.05) is 0 Å². The van der Waals surface area contributed by atoms with Crippen LogP contribution in [0.3, 0.4) is 0 Å². The van der Waals surface area contributed by atoms with E-state index < -0.39 is 0 Å². The molecule has 1 amide bonds. The Morgan fingerprint density at radius 2 is 1.96 bits per heavy atom. The standard InChI is InChI=1S/C19H22N2O3/c1-14(2)9-19(23)20-11-16-10-17(22)18(12-21(16)3)24-13-15-7-5-4-6-8-15/h4-10,12H,11,13H2,1-3H3,(H,20,23). The van der Waals surface area contributed by atoms with Crippen molar-refractivity contribution in [1.82, 2.24) is 9.88 Å². The summed E-state index contributed by atoms with van der Waals surface area (Å²) >= 11 is 0. The zero-order valence-electron chi connectivity index (χ0n) is 14.2. The molecule has 0 aliphatic carbocycles. The maximum Gasteiger partial charge on any atom is 0.244 e. The van der Waals surface area contributed by atoms with Crippen LogP contribution in [0.25, 0.3) is 0 Å². The Hall–Kier alpha value is -2.82. The number of amides is 1. The van der Waals surface area contributed by atoms with Crippen molar-refractivity contribution < 1.29 is 9.53 Å². The molecule has 0 atom stereocenters. The molecule has 1 aromatic carbocycles. The lowest BCUT2D eigenvalue weighted by Gasteiger charge is -2.12. The van der Waals surface area contributed by atoms with Gasteiger partial charge in [0.05, 0.1) is 12.7 Å². The minimum Gasteiger partial charge on any atom is -0.483 e. The van der Waals surface area contributed by atoms with Gasteiger partial charge in [-0.3, -0.25) is 9.59 Å². The maximum atomic E-state index is 12.2. The van der Waals surface area contributed by atoms with Crippen molar-refractivity contribution in [2.45, 2.75) is 27.0 Å². The van der Waals surface area contributed by atoms with Crippen LogP contribution in [0, 0.1) is 0 Å². The first-order valence-corrected chi connectivity index (χ1v) is 7.74. The predicted octanol–water partition coefficient (Wildman–Crippen LogP) is 2.55. The van der Waals surface area contributed by atoms with Crippen LogP contribution in [0.2, 0.25) is 0 Å². The molecule has 0 spiro atoms. The molecule has 1 N–H and O–H groups in total. The number of carbonyl (C=O) groups is 1. The van der Waals surface area contributed by atoms with Crippen molar-refractivity contribution in [3.05, 3.63) is 75.7 Å². The molecular formula is C19H22N2O3. The number of hydrogen-bond donors (Lipinski definition) is 1. The molecule has 5 heteroatoms. The van der Waals surface area contributed by atoms with Gasteiger partial charge >= 0.3 is 0 Å². The van der Waals surface area contributed by atoms with Gasteiger partial charge in [0.15, 0.2) is 5.75 Å². The van der Waals surface area contributed by atoms with E-state index in [4.69, 9.17) is 4.74 Å². The van der Waals surface area contributed by atoms with Gasteiger partial charge in [-0.1, -0.05) is 35.9 Å². The van der Waals surface area contributed by atoms with Crippen LogP contribution in [0.4, 0.5) is 0 Å². The summed E-state index contributed by atoms with van der Waals surface area (Å²) in [7, 11) is 1.82. The van der Waals surface area contributed by atoms with Crippen LogP contribution in [0.1, 0.15) is 25.1 Å². The molecule has 1 aromatic heterocycles. The summed E-state index contributed by atoms with van der Waals surface area (Å²) < 4.78 is 7.39. The van der Waals surface area contributed by atoms with Gasteiger partial charge in [0.25, 0.3) is 0 Å². The largest absolute Gasteiger partial charge is 0.483 e. The normalized spacial score (nSPS) is 10.1. The first-order chi connectivity index (χ1) is 11.5. The molecule has 2 aromatic rings. The molecule has 24 heavy (non-hydrogen) atoms. The third-order valence-electron chi connectivity index (χ3n) is 3.41. The van der Waals surface area contributed by atoms with Crippen LogP contribution in [-0.4, -0.2) is 10.5 Å². The van der Waals surface area contributed by atoms with Crippen LogP contribution in [-0.2, 0) is 25.0 Å². The van der Waals surface area contributed by atoms with Crippen LogP contribution in [0.15, 0.2) is 59.0 Å². The zero-order chi connectivity index (χ0) is 17.5. The van der Waals surface area contributed by atoms with Crippen molar-refractivity contribution >= 4 is 5.91 Å². The number of carbonyl (C=O) groups excluding carboxylic acids is 1. The molecule has 5 nitrogen and oxygen atoms in total. The summed E-state index contributed by atoms with van der Waals surface area (Å²) in [5, 5.41) is 2.76. The second kappa shape index (κ2) is 8.15. The Bertz CT molecular complexity index is 788. The lowest BCUT2D eigenvalue weighted by molar-refractivity contribution is -0.116. The fourth-order valence-electron chi connectivity index (χ4n) is 2.16. The highest BCUT2D eigenvalue weighted by Gasteiger charge is 2.07. The van der Waals surface area contributed by atoms with Gasteiger partial charge in [-0.15, -0.1) is 0 Å². The Labute approximate surface area is 141 Å². The fourth-order valence-corrected chi connectivity index (χ4v) is 2.16. The van der Waals surface area contributed by atoms with Crippen LogP contribution < -0.4 is 15.5 Å². The van der Waals surface area contributed by atoms with Gasteiger partial charge in [0.1, 0.15) is 6.61 Å². The van der Waals surface area contributed by atoms with E-state index in [1.807, 2.05) is 51.2 Å². The fraction of sp³-hybridized carbons (Fsp3) is 0.263. The van der Waals surface area contributed by atoms with E-state index in [0.29, 0.717) is 18.1 Å². The van der Waals surface area contributed by atoms with Gasteiger partial charge in [-0.05, 0) is 19.4 Å². The van der Waals surface area contributed by atoms with Gasteiger partial charge < -0.3 is 14.6 Å². The SMILES string of the molecule is CC(C)=CC(=O)NCc1cc(=O)c(OCc2ccccc2)cn1C. The van der Waals surface area contributed by atoms with Gasteiger partial charge in [-0.25, -0.2) is 0 Å². The van der Waals surface area contributed by atoms with Crippen molar-refractivity contribution in [3.63, 3.8) is 0 Å². The molecule has 0 unspecified atom stereocenters. The summed E-state index contributed by atoms with van der Waals surface area (Å²) in [6.45, 7) is 4.34. The average molecular weight is 326 g/mol. The summed E-state index contributed by atoms with van der Waals surface area (Å²) in [6, 6.07) is 11.2. The Balaban J connectivity index is 2.04. The molecule has 0 radical (unpaired) electrons. The topological polar surface area (TPSA) is 60.3 Å². The number of aryl methyl sites for hydroxylation is 1. The molecule has 0 saturated heterocycles. The Kier molecular flexibility index (Phi) is 5.95. The number of aromatic nitrogens is 1. The summed E-state index contributed by atoms with van der Waals surface area (Å²) in [4.78, 5) is 23.8. The van der Waals surface area contributed by atoms with Crippen LogP contribution >= 0.6 is 0 Å². The number of benzene rings is 1. The monoisotopic (exact) mass is 326 g/mol. The van der Waals surface area contributed by atoms with Crippen LogP contribution in [0.5, 0.6) is 5.75 Å². The molecule has 0 saturated carbocycles. The van der Waals surface area contributed by atoms with E-state index in [1.54, 1.807) is 10.8 Å². The van der Waals surface area contributed by atoms with Crippen molar-refractivity contribution in [3.8, 4) is 5.75 Å².